The number of hydrogen-bond donors (Lipinski definition) is 1. The number of aromatic nitrogens is 3. The zero-order valence-corrected chi connectivity index (χ0v) is 14.6. The molecule has 4 rings (SSSR count). The molecule has 0 radical (unpaired) electrons. The third-order valence-electron chi connectivity index (χ3n) is 4.62. The Morgan fingerprint density at radius 1 is 1.22 bits per heavy atom. The number of anilines is 2. The van der Waals surface area contributed by atoms with Crippen LogP contribution in [0, 0.1) is 11.6 Å². The molecular weight excluding hydrogens is 356 g/mol. The van der Waals surface area contributed by atoms with Crippen molar-refractivity contribution in [1.82, 2.24) is 14.8 Å². The molecule has 27 heavy (non-hydrogen) atoms. The second-order valence-electron chi connectivity index (χ2n) is 6.28. The molecule has 0 saturated carbocycles. The molecule has 2 N–H and O–H groups in total. The highest BCUT2D eigenvalue weighted by Crippen LogP contribution is 2.30. The van der Waals surface area contributed by atoms with Crippen molar-refractivity contribution in [2.24, 2.45) is 0 Å². The molecule has 3 aromatic rings. The van der Waals surface area contributed by atoms with Crippen LogP contribution in [-0.2, 0) is 0 Å². The van der Waals surface area contributed by atoms with Crippen LogP contribution in [0.5, 0.6) is 5.75 Å². The number of carbonyl (C=O) groups is 1. The van der Waals surface area contributed by atoms with Crippen LogP contribution in [0.25, 0.3) is 11.0 Å². The summed E-state index contributed by atoms with van der Waals surface area (Å²) in [4.78, 5) is 19.1. The average Bonchev–Trinajstić information content (AvgIpc) is 3.29. The number of fused-ring (bicyclic) bond motifs is 1. The number of para-hydroxylation sites is 1. The van der Waals surface area contributed by atoms with Gasteiger partial charge in [0.15, 0.2) is 34.7 Å². The number of ether oxygens (including phenoxy) is 1. The van der Waals surface area contributed by atoms with Crippen molar-refractivity contribution in [2.45, 2.75) is 12.8 Å². The predicted molar refractivity (Wildman–Crippen MR) is 96.0 cm³/mol. The van der Waals surface area contributed by atoms with Crippen molar-refractivity contribution >= 4 is 28.6 Å². The molecule has 3 heterocycles. The largest absolute Gasteiger partial charge is 0.493 e. The minimum Gasteiger partial charge on any atom is -0.493 e. The summed E-state index contributed by atoms with van der Waals surface area (Å²) in [5.74, 6) is -1.95. The standard InChI is InChI=1S/C18H17F2N5O2/c1-27-14-10(5-4-6-12(14)19)18(26)25-16-11(15(21)23-25)9-13(20)17(22-16)24-7-2-3-8-24/h4-6,9H,2-3,7-8H2,1H3,(H2,21,23). The van der Waals surface area contributed by atoms with Gasteiger partial charge in [0.25, 0.3) is 5.91 Å². The summed E-state index contributed by atoms with van der Waals surface area (Å²) in [5.41, 5.74) is 5.94. The number of benzene rings is 1. The SMILES string of the molecule is COc1c(F)cccc1C(=O)n1nc(N)c2cc(F)c(N3CCCC3)nc21. The smallest absolute Gasteiger partial charge is 0.284 e. The Morgan fingerprint density at radius 3 is 2.67 bits per heavy atom. The summed E-state index contributed by atoms with van der Waals surface area (Å²) in [6.45, 7) is 1.37. The molecule has 0 unspecified atom stereocenters. The van der Waals surface area contributed by atoms with E-state index in [4.69, 9.17) is 10.5 Å². The van der Waals surface area contributed by atoms with E-state index in [0.717, 1.165) is 17.5 Å². The highest BCUT2D eigenvalue weighted by molar-refractivity contribution is 6.04. The fourth-order valence-electron chi connectivity index (χ4n) is 3.32. The Balaban J connectivity index is 1.88. The van der Waals surface area contributed by atoms with Gasteiger partial charge in [0.2, 0.25) is 0 Å². The second kappa shape index (κ2) is 6.49. The van der Waals surface area contributed by atoms with Crippen LogP contribution in [0.1, 0.15) is 23.2 Å². The third kappa shape index (κ3) is 2.75. The van der Waals surface area contributed by atoms with E-state index in [1.54, 1.807) is 0 Å². The van der Waals surface area contributed by atoms with Gasteiger partial charge in [-0.2, -0.15) is 4.68 Å². The number of hydrogen-bond acceptors (Lipinski definition) is 6. The van der Waals surface area contributed by atoms with E-state index in [0.29, 0.717) is 13.1 Å². The topological polar surface area (TPSA) is 86.3 Å². The average molecular weight is 373 g/mol. The van der Waals surface area contributed by atoms with Gasteiger partial charge in [0.1, 0.15) is 0 Å². The van der Waals surface area contributed by atoms with Crippen LogP contribution < -0.4 is 15.4 Å². The summed E-state index contributed by atoms with van der Waals surface area (Å²) < 4.78 is 34.4. The number of rotatable bonds is 3. The van der Waals surface area contributed by atoms with Crippen molar-refractivity contribution < 1.29 is 18.3 Å². The second-order valence-corrected chi connectivity index (χ2v) is 6.28. The number of carbonyl (C=O) groups excluding carboxylic acids is 1. The summed E-state index contributed by atoms with van der Waals surface area (Å²) in [7, 11) is 1.27. The maximum Gasteiger partial charge on any atom is 0.284 e. The van der Waals surface area contributed by atoms with Gasteiger partial charge in [-0.05, 0) is 31.0 Å². The molecule has 2 aromatic heterocycles. The maximum absolute atomic E-state index is 14.5. The number of pyridine rings is 1. The Hall–Kier alpha value is -3.23. The molecule has 1 aromatic carbocycles. The van der Waals surface area contributed by atoms with E-state index in [1.807, 2.05) is 4.90 Å². The van der Waals surface area contributed by atoms with E-state index in [9.17, 15) is 13.6 Å². The molecule has 1 saturated heterocycles. The van der Waals surface area contributed by atoms with Crippen LogP contribution >= 0.6 is 0 Å². The van der Waals surface area contributed by atoms with Crippen molar-refractivity contribution in [1.29, 1.82) is 0 Å². The molecule has 0 spiro atoms. The van der Waals surface area contributed by atoms with E-state index in [-0.39, 0.29) is 34.0 Å². The molecule has 0 atom stereocenters. The van der Waals surface area contributed by atoms with Crippen molar-refractivity contribution in [3.8, 4) is 5.75 Å². The van der Waals surface area contributed by atoms with Gasteiger partial charge in [-0.3, -0.25) is 4.79 Å². The van der Waals surface area contributed by atoms with Gasteiger partial charge < -0.3 is 15.4 Å². The molecule has 0 aliphatic carbocycles. The zero-order chi connectivity index (χ0) is 19.1. The zero-order valence-electron chi connectivity index (χ0n) is 14.6. The molecular formula is C18H17F2N5O2. The summed E-state index contributed by atoms with van der Waals surface area (Å²) in [5, 5.41) is 4.22. The first kappa shape index (κ1) is 17.2. The van der Waals surface area contributed by atoms with Crippen molar-refractivity contribution in [3.63, 3.8) is 0 Å². The van der Waals surface area contributed by atoms with Gasteiger partial charge in [0, 0.05) is 13.1 Å². The molecule has 1 aliphatic heterocycles. The van der Waals surface area contributed by atoms with Crippen LogP contribution in [0.4, 0.5) is 20.4 Å². The Bertz CT molecular complexity index is 1040. The summed E-state index contributed by atoms with van der Waals surface area (Å²) in [6, 6.07) is 5.22. The molecule has 1 aliphatic rings. The lowest BCUT2D eigenvalue weighted by atomic mass is 10.2. The van der Waals surface area contributed by atoms with Crippen molar-refractivity contribution in [3.05, 3.63) is 41.5 Å². The molecule has 0 bridgehead atoms. The lowest BCUT2D eigenvalue weighted by Gasteiger charge is -2.17. The van der Waals surface area contributed by atoms with Gasteiger partial charge in [-0.25, -0.2) is 13.8 Å². The van der Waals surface area contributed by atoms with E-state index < -0.39 is 17.5 Å². The molecule has 140 valence electrons. The van der Waals surface area contributed by atoms with Crippen LogP contribution in [0.15, 0.2) is 24.3 Å². The highest BCUT2D eigenvalue weighted by atomic mass is 19.1. The number of halogens is 2. The first-order valence-corrected chi connectivity index (χ1v) is 8.48. The predicted octanol–water partition coefficient (Wildman–Crippen LogP) is 2.59. The minimum absolute atomic E-state index is 0.0317. The lowest BCUT2D eigenvalue weighted by molar-refractivity contribution is 0.0946. The van der Waals surface area contributed by atoms with Crippen LogP contribution in [-0.4, -0.2) is 40.9 Å². The van der Waals surface area contributed by atoms with Gasteiger partial charge in [0.05, 0.1) is 18.1 Å². The lowest BCUT2D eigenvalue weighted by Crippen LogP contribution is -2.21. The first-order valence-electron chi connectivity index (χ1n) is 8.48. The Kier molecular flexibility index (Phi) is 4.14. The van der Waals surface area contributed by atoms with Crippen molar-refractivity contribution in [2.75, 3.05) is 30.8 Å². The van der Waals surface area contributed by atoms with E-state index >= 15 is 0 Å². The summed E-state index contributed by atoms with van der Waals surface area (Å²) >= 11 is 0. The maximum atomic E-state index is 14.5. The molecule has 1 fully saturated rings. The van der Waals surface area contributed by atoms with Crippen LogP contribution in [0.3, 0.4) is 0 Å². The fraction of sp³-hybridized carbons (Fsp3) is 0.278. The van der Waals surface area contributed by atoms with Gasteiger partial charge in [-0.15, -0.1) is 5.10 Å². The molecule has 7 nitrogen and oxygen atoms in total. The minimum atomic E-state index is -0.676. The molecule has 9 heteroatoms. The van der Waals surface area contributed by atoms with Gasteiger partial charge in [-0.1, -0.05) is 6.07 Å². The number of nitrogen functional groups attached to an aromatic ring is 1. The summed E-state index contributed by atoms with van der Waals surface area (Å²) in [6.07, 6.45) is 1.89. The molecule has 0 amide bonds. The number of nitrogens with zero attached hydrogens (tertiary/aromatic N) is 4. The number of methoxy groups -OCH3 is 1. The third-order valence-corrected chi connectivity index (χ3v) is 4.62. The van der Waals surface area contributed by atoms with E-state index in [2.05, 4.69) is 10.1 Å². The Morgan fingerprint density at radius 2 is 1.96 bits per heavy atom. The van der Waals surface area contributed by atoms with Gasteiger partial charge >= 0.3 is 0 Å². The van der Waals surface area contributed by atoms with E-state index in [1.165, 1.54) is 31.4 Å². The Labute approximate surface area is 153 Å². The van der Waals surface area contributed by atoms with Crippen LogP contribution in [0.2, 0.25) is 0 Å². The highest BCUT2D eigenvalue weighted by Gasteiger charge is 2.25. The number of nitrogens with two attached hydrogens (primary N) is 1. The monoisotopic (exact) mass is 373 g/mol. The normalized spacial score (nSPS) is 14.1. The quantitative estimate of drug-likeness (QED) is 0.759. The fourth-order valence-corrected chi connectivity index (χ4v) is 3.32. The first-order chi connectivity index (χ1) is 13.0.